The zero-order valence-electron chi connectivity index (χ0n) is 13.8. The Balaban J connectivity index is 1.41. The van der Waals surface area contributed by atoms with Gasteiger partial charge in [-0.15, -0.1) is 0 Å². The third kappa shape index (κ3) is 4.53. The maximum absolute atomic E-state index is 12.2. The van der Waals surface area contributed by atoms with Crippen molar-refractivity contribution in [1.82, 2.24) is 14.7 Å². The molecule has 1 aromatic carbocycles. The first kappa shape index (κ1) is 16.4. The Labute approximate surface area is 138 Å². The van der Waals surface area contributed by atoms with Crippen LogP contribution in [0.3, 0.4) is 0 Å². The minimum atomic E-state index is 0.101. The minimum Gasteiger partial charge on any atom is -0.392 e. The molecule has 23 heavy (non-hydrogen) atoms. The van der Waals surface area contributed by atoms with E-state index in [0.717, 1.165) is 64.2 Å². The van der Waals surface area contributed by atoms with Crippen LogP contribution in [0.4, 0.5) is 0 Å². The van der Waals surface area contributed by atoms with Gasteiger partial charge in [-0.05, 0) is 24.0 Å². The lowest BCUT2D eigenvalue weighted by Crippen LogP contribution is -2.49. The summed E-state index contributed by atoms with van der Waals surface area (Å²) in [5, 5.41) is 9.08. The summed E-state index contributed by atoms with van der Waals surface area (Å²) < 4.78 is 0. The first-order valence-electron chi connectivity index (χ1n) is 8.66. The van der Waals surface area contributed by atoms with Crippen molar-refractivity contribution >= 4 is 5.91 Å². The summed E-state index contributed by atoms with van der Waals surface area (Å²) in [5.41, 5.74) is 2.24. The van der Waals surface area contributed by atoms with Gasteiger partial charge in [0, 0.05) is 45.8 Å². The largest absolute Gasteiger partial charge is 0.392 e. The van der Waals surface area contributed by atoms with Crippen molar-refractivity contribution in [2.24, 2.45) is 0 Å². The SMILES string of the molecule is O=C(CN1CCN(Cc2ccc(CO)cc2)CC1)N1CCCC1. The van der Waals surface area contributed by atoms with Gasteiger partial charge >= 0.3 is 0 Å². The summed E-state index contributed by atoms with van der Waals surface area (Å²) in [6.45, 7) is 7.47. The predicted octanol–water partition coefficient (Wildman–Crippen LogP) is 0.919. The number of benzene rings is 1. The van der Waals surface area contributed by atoms with Crippen LogP contribution < -0.4 is 0 Å². The number of nitrogens with zero attached hydrogens (tertiary/aromatic N) is 3. The van der Waals surface area contributed by atoms with Crippen LogP contribution in [0.1, 0.15) is 24.0 Å². The Morgan fingerprint density at radius 1 is 0.870 bits per heavy atom. The highest BCUT2D eigenvalue weighted by molar-refractivity contribution is 5.78. The molecule has 2 fully saturated rings. The number of carbonyl (C=O) groups excluding carboxylic acids is 1. The first-order valence-corrected chi connectivity index (χ1v) is 8.66. The molecule has 2 aliphatic rings. The molecule has 0 aliphatic carbocycles. The van der Waals surface area contributed by atoms with Gasteiger partial charge in [-0.3, -0.25) is 14.6 Å². The highest BCUT2D eigenvalue weighted by Gasteiger charge is 2.23. The van der Waals surface area contributed by atoms with E-state index in [1.165, 1.54) is 5.56 Å². The van der Waals surface area contributed by atoms with Crippen LogP contribution in [0.2, 0.25) is 0 Å². The molecule has 5 nitrogen and oxygen atoms in total. The second-order valence-electron chi connectivity index (χ2n) is 6.61. The molecule has 2 aliphatic heterocycles. The molecule has 0 spiro atoms. The molecular weight excluding hydrogens is 290 g/mol. The van der Waals surface area contributed by atoms with Crippen LogP contribution in [0.15, 0.2) is 24.3 Å². The molecule has 1 N–H and O–H groups in total. The smallest absolute Gasteiger partial charge is 0.236 e. The van der Waals surface area contributed by atoms with Crippen molar-refractivity contribution in [2.75, 3.05) is 45.8 Å². The summed E-state index contributed by atoms with van der Waals surface area (Å²) in [7, 11) is 0. The zero-order chi connectivity index (χ0) is 16.1. The van der Waals surface area contributed by atoms with Crippen LogP contribution in [-0.4, -0.2) is 71.5 Å². The van der Waals surface area contributed by atoms with Crippen LogP contribution in [-0.2, 0) is 17.9 Å². The number of rotatable bonds is 5. The lowest BCUT2D eigenvalue weighted by molar-refractivity contribution is -0.131. The van der Waals surface area contributed by atoms with E-state index in [1.54, 1.807) is 0 Å². The molecule has 2 heterocycles. The van der Waals surface area contributed by atoms with E-state index >= 15 is 0 Å². The zero-order valence-corrected chi connectivity index (χ0v) is 13.8. The molecule has 1 aromatic rings. The third-order valence-electron chi connectivity index (χ3n) is 4.89. The van der Waals surface area contributed by atoms with Gasteiger partial charge in [0.2, 0.25) is 5.91 Å². The molecule has 0 radical (unpaired) electrons. The number of likely N-dealkylation sites (tertiary alicyclic amines) is 1. The summed E-state index contributed by atoms with van der Waals surface area (Å²) in [5.74, 6) is 0.301. The Morgan fingerprint density at radius 2 is 1.43 bits per heavy atom. The van der Waals surface area contributed by atoms with Crippen molar-refractivity contribution in [3.05, 3.63) is 35.4 Å². The Kier molecular flexibility index (Phi) is 5.65. The van der Waals surface area contributed by atoms with E-state index in [2.05, 4.69) is 21.9 Å². The van der Waals surface area contributed by atoms with E-state index in [0.29, 0.717) is 12.5 Å². The molecular formula is C18H27N3O2. The highest BCUT2D eigenvalue weighted by Crippen LogP contribution is 2.12. The standard InChI is InChI=1S/C18H27N3O2/c22-15-17-5-3-16(4-6-17)13-19-9-11-20(12-10-19)14-18(23)21-7-1-2-8-21/h3-6,22H,1-2,7-15H2. The van der Waals surface area contributed by atoms with Gasteiger partial charge in [-0.25, -0.2) is 0 Å². The molecule has 0 bridgehead atoms. The topological polar surface area (TPSA) is 47.0 Å². The van der Waals surface area contributed by atoms with Gasteiger partial charge in [0.1, 0.15) is 0 Å². The van der Waals surface area contributed by atoms with Crippen molar-refractivity contribution in [3.8, 4) is 0 Å². The summed E-state index contributed by atoms with van der Waals surface area (Å²) in [6, 6.07) is 8.16. The van der Waals surface area contributed by atoms with Crippen LogP contribution in [0.25, 0.3) is 0 Å². The van der Waals surface area contributed by atoms with Crippen molar-refractivity contribution in [3.63, 3.8) is 0 Å². The average molecular weight is 317 g/mol. The molecule has 0 aromatic heterocycles. The molecule has 3 rings (SSSR count). The van der Waals surface area contributed by atoms with Crippen molar-refractivity contribution in [1.29, 1.82) is 0 Å². The second-order valence-corrected chi connectivity index (χ2v) is 6.61. The predicted molar refractivity (Wildman–Crippen MR) is 89.9 cm³/mol. The highest BCUT2D eigenvalue weighted by atomic mass is 16.3. The van der Waals surface area contributed by atoms with Gasteiger partial charge in [0.05, 0.1) is 13.2 Å². The number of amides is 1. The van der Waals surface area contributed by atoms with Gasteiger partial charge < -0.3 is 10.0 Å². The van der Waals surface area contributed by atoms with Crippen LogP contribution in [0.5, 0.6) is 0 Å². The first-order chi connectivity index (χ1) is 11.2. The quantitative estimate of drug-likeness (QED) is 0.877. The Hall–Kier alpha value is -1.43. The van der Waals surface area contributed by atoms with Crippen LogP contribution >= 0.6 is 0 Å². The fraction of sp³-hybridized carbons (Fsp3) is 0.611. The average Bonchev–Trinajstić information content (AvgIpc) is 3.12. The van der Waals surface area contributed by atoms with E-state index in [4.69, 9.17) is 5.11 Å². The summed E-state index contributed by atoms with van der Waals surface area (Å²) >= 11 is 0. The minimum absolute atomic E-state index is 0.101. The Morgan fingerprint density at radius 3 is 2.04 bits per heavy atom. The fourth-order valence-corrected chi connectivity index (χ4v) is 3.37. The van der Waals surface area contributed by atoms with E-state index < -0.39 is 0 Å². The number of aliphatic hydroxyl groups is 1. The third-order valence-corrected chi connectivity index (χ3v) is 4.89. The lowest BCUT2D eigenvalue weighted by atomic mass is 10.1. The Bertz CT molecular complexity index is 504. The van der Waals surface area contributed by atoms with Crippen molar-refractivity contribution < 1.29 is 9.90 Å². The molecule has 1 amide bonds. The maximum Gasteiger partial charge on any atom is 0.236 e. The van der Waals surface area contributed by atoms with Gasteiger partial charge in [-0.2, -0.15) is 0 Å². The van der Waals surface area contributed by atoms with Crippen molar-refractivity contribution in [2.45, 2.75) is 26.0 Å². The number of hydrogen-bond acceptors (Lipinski definition) is 4. The molecule has 0 unspecified atom stereocenters. The normalized spacial score (nSPS) is 20.1. The molecule has 0 atom stereocenters. The summed E-state index contributed by atoms with van der Waals surface area (Å²) in [4.78, 5) is 18.9. The van der Waals surface area contributed by atoms with E-state index in [9.17, 15) is 4.79 Å². The summed E-state index contributed by atoms with van der Waals surface area (Å²) in [6.07, 6.45) is 2.32. The lowest BCUT2D eigenvalue weighted by Gasteiger charge is -2.35. The van der Waals surface area contributed by atoms with Crippen LogP contribution in [0, 0.1) is 0 Å². The molecule has 2 saturated heterocycles. The number of piperazine rings is 1. The second kappa shape index (κ2) is 7.90. The number of carbonyl (C=O) groups is 1. The molecule has 0 saturated carbocycles. The van der Waals surface area contributed by atoms with E-state index in [1.807, 2.05) is 17.0 Å². The number of hydrogen-bond donors (Lipinski definition) is 1. The number of aliphatic hydroxyl groups excluding tert-OH is 1. The fourth-order valence-electron chi connectivity index (χ4n) is 3.37. The van der Waals surface area contributed by atoms with E-state index in [-0.39, 0.29) is 6.61 Å². The van der Waals surface area contributed by atoms with Gasteiger partial charge in [0.25, 0.3) is 0 Å². The monoisotopic (exact) mass is 317 g/mol. The molecule has 126 valence electrons. The van der Waals surface area contributed by atoms with Gasteiger partial charge in [-0.1, -0.05) is 24.3 Å². The maximum atomic E-state index is 12.2. The van der Waals surface area contributed by atoms with Gasteiger partial charge in [0.15, 0.2) is 0 Å². The molecule has 5 heteroatoms.